The summed E-state index contributed by atoms with van der Waals surface area (Å²) in [5.74, 6) is -1.82. The Morgan fingerprint density at radius 2 is 0.971 bits per heavy atom. The molecule has 0 bridgehead atoms. The van der Waals surface area contributed by atoms with E-state index in [2.05, 4.69) is 39.7 Å². The maximum atomic E-state index is 13.6. The van der Waals surface area contributed by atoms with Gasteiger partial charge in [0, 0.05) is 121 Å². The molecule has 2 aliphatic heterocycles. The third-order valence-corrected chi connectivity index (χ3v) is 16.9. The van der Waals surface area contributed by atoms with E-state index < -0.39 is 32.0 Å². The number of pyridine rings is 2. The molecule has 0 radical (unpaired) electrons. The Morgan fingerprint density at radius 1 is 0.559 bits per heavy atom. The van der Waals surface area contributed by atoms with Crippen molar-refractivity contribution in [2.45, 2.75) is 9.79 Å². The van der Waals surface area contributed by atoms with Crippen molar-refractivity contribution in [2.24, 2.45) is 0 Å². The maximum Gasteiger partial charge on any atom is 0.337 e. The first-order valence-corrected chi connectivity index (χ1v) is 26.1. The van der Waals surface area contributed by atoms with E-state index in [1.54, 1.807) is 23.2 Å². The zero-order valence-corrected chi connectivity index (χ0v) is 39.8. The summed E-state index contributed by atoms with van der Waals surface area (Å²) in [6.07, 6.45) is 4.45. The number of piperazine rings is 2. The molecule has 2 aliphatic rings. The fourth-order valence-electron chi connectivity index (χ4n) is 8.15. The van der Waals surface area contributed by atoms with Crippen LogP contribution in [0.3, 0.4) is 0 Å². The van der Waals surface area contributed by atoms with Gasteiger partial charge in [-0.15, -0.1) is 22.7 Å². The van der Waals surface area contributed by atoms with Gasteiger partial charge in [0.1, 0.15) is 9.79 Å². The number of ether oxygens (including phenoxy) is 2. The molecule has 18 nitrogen and oxygen atoms in total. The molecule has 68 heavy (non-hydrogen) atoms. The predicted molar refractivity (Wildman–Crippen MR) is 258 cm³/mol. The van der Waals surface area contributed by atoms with Crippen LogP contribution in [0.15, 0.2) is 117 Å². The molecule has 0 spiro atoms. The Kier molecular flexibility index (Phi) is 12.3. The van der Waals surface area contributed by atoms with Crippen molar-refractivity contribution in [3.8, 4) is 56.8 Å². The number of rotatable bonds is 12. The van der Waals surface area contributed by atoms with Crippen LogP contribution in [0.4, 0.5) is 0 Å². The van der Waals surface area contributed by atoms with E-state index in [0.717, 1.165) is 34.7 Å². The number of esters is 2. The number of hydrogen-bond donors (Lipinski definition) is 2. The smallest absolute Gasteiger partial charge is 0.337 e. The molecular formula is C46H42N10O8S4. The SMILES string of the molecule is CN1CCN(S(=O)(=O)c2ccc(-c3c(OC(=O)/C=C/C(=O)Oc4[nH]c5ccc(-c6cscn6)cc5c4-c4ccc(S(=O)(=O)N5CCN(C)CC5)cn4)[nH]c4ccc(-c5cscn5)cc34)nc2)CC1. The first-order chi connectivity index (χ1) is 32.8. The molecule has 2 aromatic carbocycles. The molecule has 8 heterocycles. The van der Waals surface area contributed by atoms with E-state index in [1.807, 2.05) is 61.3 Å². The van der Waals surface area contributed by atoms with Crippen LogP contribution in [0, 0.1) is 0 Å². The Morgan fingerprint density at radius 3 is 1.32 bits per heavy atom. The van der Waals surface area contributed by atoms with Crippen molar-refractivity contribution in [2.75, 3.05) is 66.5 Å². The normalized spacial score (nSPS) is 16.0. The van der Waals surface area contributed by atoms with E-state index in [4.69, 9.17) is 9.47 Å². The summed E-state index contributed by atoms with van der Waals surface area (Å²) >= 11 is 2.89. The lowest BCUT2D eigenvalue weighted by Crippen LogP contribution is -2.47. The van der Waals surface area contributed by atoms with Gasteiger partial charge in [0.2, 0.25) is 31.8 Å². The zero-order chi connectivity index (χ0) is 47.2. The number of hydrogen-bond acceptors (Lipinski definition) is 16. The number of carbonyl (C=O) groups excluding carboxylic acids is 2. The molecule has 0 atom stereocenters. The Balaban J connectivity index is 0.929. The van der Waals surface area contributed by atoms with Crippen LogP contribution in [-0.2, 0) is 29.6 Å². The third kappa shape index (κ3) is 8.99. The Labute approximate surface area is 398 Å². The van der Waals surface area contributed by atoms with Crippen molar-refractivity contribution < 1.29 is 35.9 Å². The van der Waals surface area contributed by atoms with Crippen LogP contribution < -0.4 is 9.47 Å². The molecular weight excluding hydrogens is 949 g/mol. The highest BCUT2D eigenvalue weighted by Crippen LogP contribution is 2.41. The highest BCUT2D eigenvalue weighted by atomic mass is 32.2. The number of likely N-dealkylation sites (N-methyl/N-ethyl adjacent to an activating group) is 2. The summed E-state index contributed by atoms with van der Waals surface area (Å²) in [6, 6.07) is 17.2. The largest absolute Gasteiger partial charge is 0.406 e. The third-order valence-electron chi connectivity index (χ3n) is 11.9. The molecule has 2 N–H and O–H groups in total. The van der Waals surface area contributed by atoms with Crippen LogP contribution in [-0.4, -0.2) is 144 Å². The molecule has 22 heteroatoms. The summed E-state index contributed by atoms with van der Waals surface area (Å²) in [5, 5.41) is 5.07. The number of nitrogens with zero attached hydrogens (tertiary/aromatic N) is 8. The van der Waals surface area contributed by atoms with Gasteiger partial charge in [-0.25, -0.2) is 36.4 Å². The molecule has 0 amide bonds. The van der Waals surface area contributed by atoms with E-state index in [0.29, 0.717) is 96.7 Å². The van der Waals surface area contributed by atoms with Crippen molar-refractivity contribution >= 4 is 76.5 Å². The quantitative estimate of drug-likeness (QED) is 0.107. The average Bonchev–Trinajstić information content (AvgIpc) is 4.19. The molecule has 2 saturated heterocycles. The topological polar surface area (TPSA) is 217 Å². The number of H-pyrrole nitrogens is 2. The summed E-state index contributed by atoms with van der Waals surface area (Å²) in [6.45, 7) is 3.89. The van der Waals surface area contributed by atoms with E-state index in [1.165, 1.54) is 55.8 Å². The number of benzene rings is 2. The number of aromatic amines is 2. The molecule has 2 fully saturated rings. The summed E-state index contributed by atoms with van der Waals surface area (Å²) in [7, 11) is -3.73. The van der Waals surface area contributed by atoms with Gasteiger partial charge >= 0.3 is 11.9 Å². The van der Waals surface area contributed by atoms with Crippen molar-refractivity contribution in [1.82, 2.24) is 48.3 Å². The second-order valence-electron chi connectivity index (χ2n) is 16.3. The average molecular weight is 991 g/mol. The highest BCUT2D eigenvalue weighted by molar-refractivity contribution is 7.89. The summed E-state index contributed by atoms with van der Waals surface area (Å²) < 4.78 is 68.7. The monoisotopic (exact) mass is 990 g/mol. The van der Waals surface area contributed by atoms with E-state index >= 15 is 0 Å². The molecule has 348 valence electrons. The molecule has 0 saturated carbocycles. The van der Waals surface area contributed by atoms with E-state index in [-0.39, 0.29) is 21.6 Å². The van der Waals surface area contributed by atoms with Crippen molar-refractivity contribution in [1.29, 1.82) is 0 Å². The van der Waals surface area contributed by atoms with Crippen LogP contribution >= 0.6 is 22.7 Å². The van der Waals surface area contributed by atoms with Gasteiger partial charge in [-0.2, -0.15) is 8.61 Å². The van der Waals surface area contributed by atoms with E-state index in [9.17, 15) is 26.4 Å². The Bertz CT molecular complexity index is 3190. The maximum absolute atomic E-state index is 13.6. The summed E-state index contributed by atoms with van der Waals surface area (Å²) in [4.78, 5) is 55.6. The van der Waals surface area contributed by atoms with Crippen LogP contribution in [0.25, 0.3) is 66.8 Å². The molecule has 0 unspecified atom stereocenters. The fraction of sp³-hybridized carbons (Fsp3) is 0.217. The molecule has 0 aliphatic carbocycles. The first-order valence-electron chi connectivity index (χ1n) is 21.3. The number of thiazole rings is 2. The van der Waals surface area contributed by atoms with Gasteiger partial charge in [-0.1, -0.05) is 12.1 Å². The second-order valence-corrected chi connectivity index (χ2v) is 21.6. The molecule has 6 aromatic heterocycles. The fourth-order valence-corrected chi connectivity index (χ4v) is 12.0. The molecule has 10 rings (SSSR count). The van der Waals surface area contributed by atoms with Gasteiger partial charge in [0.15, 0.2) is 0 Å². The summed E-state index contributed by atoms with van der Waals surface area (Å²) in [5.41, 5.74) is 9.17. The predicted octanol–water partition coefficient (Wildman–Crippen LogP) is 5.96. The van der Waals surface area contributed by atoms with Crippen LogP contribution in [0.2, 0.25) is 0 Å². The zero-order valence-electron chi connectivity index (χ0n) is 36.5. The van der Waals surface area contributed by atoms with Crippen LogP contribution in [0.1, 0.15) is 0 Å². The van der Waals surface area contributed by atoms with Gasteiger partial charge in [0.25, 0.3) is 0 Å². The van der Waals surface area contributed by atoms with Gasteiger partial charge in [-0.05, 0) is 62.6 Å². The van der Waals surface area contributed by atoms with Crippen molar-refractivity contribution in [3.05, 3.63) is 107 Å². The van der Waals surface area contributed by atoms with Gasteiger partial charge in [-0.3, -0.25) is 9.97 Å². The number of fused-ring (bicyclic) bond motifs is 2. The van der Waals surface area contributed by atoms with Gasteiger partial charge < -0.3 is 29.2 Å². The first kappa shape index (κ1) is 45.3. The number of sulfonamides is 2. The lowest BCUT2D eigenvalue weighted by molar-refractivity contribution is -0.131. The highest BCUT2D eigenvalue weighted by Gasteiger charge is 2.30. The lowest BCUT2D eigenvalue weighted by Gasteiger charge is -2.31. The standard InChI is InChI=1S/C46H42N10O8S4/c1-53-13-17-55(18-14-53)67(59,60)31-5-9-37(47-23-31)43-33-21-29(39-25-65-27-49-39)3-7-35(33)51-45(43)63-41(57)11-12-42(58)64-46-44(34-22-30(4-8-36(34)52-46)40-26-66-28-50-40)38-10-6-32(24-48-38)68(61,62)56-19-15-54(2)16-20-56/h3-12,21-28,51-52H,13-20H2,1-2H3/b12-11+. The molecule has 8 aromatic rings. The second kappa shape index (κ2) is 18.5. The minimum absolute atomic E-state index is 0.0126. The number of nitrogens with one attached hydrogen (secondary N) is 2. The van der Waals surface area contributed by atoms with Crippen molar-refractivity contribution in [3.63, 3.8) is 0 Å². The van der Waals surface area contributed by atoms with Crippen LogP contribution in [0.5, 0.6) is 11.8 Å². The minimum atomic E-state index is -3.81. The Hall–Kier alpha value is -6.50. The number of aromatic nitrogens is 6. The minimum Gasteiger partial charge on any atom is -0.406 e. The number of carbonyl (C=O) groups is 2. The van der Waals surface area contributed by atoms with Gasteiger partial charge in [0.05, 0.1) is 44.9 Å². The lowest BCUT2D eigenvalue weighted by atomic mass is 10.1.